The molecule has 0 saturated heterocycles. The lowest BCUT2D eigenvalue weighted by molar-refractivity contribution is 0.0933. The van der Waals surface area contributed by atoms with Crippen molar-refractivity contribution in [2.45, 2.75) is 12.6 Å². The van der Waals surface area contributed by atoms with E-state index < -0.39 is 6.04 Å². The van der Waals surface area contributed by atoms with Crippen LogP contribution >= 0.6 is 22.9 Å². The number of thiazole rings is 1. The van der Waals surface area contributed by atoms with Gasteiger partial charge >= 0.3 is 0 Å². The van der Waals surface area contributed by atoms with Crippen LogP contribution in [0.4, 0.5) is 0 Å². The Labute approximate surface area is 164 Å². The maximum atomic E-state index is 12.6. The van der Waals surface area contributed by atoms with Crippen LogP contribution in [0.25, 0.3) is 17.5 Å². The number of benzene rings is 1. The van der Waals surface area contributed by atoms with Crippen LogP contribution in [-0.4, -0.2) is 32.5 Å². The summed E-state index contributed by atoms with van der Waals surface area (Å²) in [4.78, 5) is 24.9. The van der Waals surface area contributed by atoms with E-state index in [9.17, 15) is 9.90 Å². The predicted molar refractivity (Wildman–Crippen MR) is 106 cm³/mol. The van der Waals surface area contributed by atoms with E-state index in [1.165, 1.54) is 17.5 Å². The van der Waals surface area contributed by atoms with Gasteiger partial charge in [-0.1, -0.05) is 18.2 Å². The summed E-state index contributed by atoms with van der Waals surface area (Å²) in [5.74, 6) is 0.214. The first-order valence-electron chi connectivity index (χ1n) is 8.10. The van der Waals surface area contributed by atoms with E-state index in [1.54, 1.807) is 18.2 Å². The third-order valence-corrected chi connectivity index (χ3v) is 5.28. The molecule has 3 aromatic rings. The zero-order valence-corrected chi connectivity index (χ0v) is 15.8. The summed E-state index contributed by atoms with van der Waals surface area (Å²) >= 11 is 7.18. The van der Waals surface area contributed by atoms with Crippen LogP contribution in [-0.2, 0) is 6.61 Å². The second kappa shape index (κ2) is 8.45. The van der Waals surface area contributed by atoms with Crippen molar-refractivity contribution in [3.63, 3.8) is 0 Å². The Morgan fingerprint density at radius 1 is 1.44 bits per heavy atom. The lowest BCUT2D eigenvalue weighted by atomic mass is 10.2. The number of hydrogen-bond acceptors (Lipinski definition) is 6. The average Bonchev–Trinajstić information content (AvgIpc) is 3.33. The molecule has 140 valence electrons. The number of carbonyl (C=O) groups excluding carboxylic acids is 1. The largest absolute Gasteiger partial charge is 0.391 e. The van der Waals surface area contributed by atoms with Crippen LogP contribution in [0.5, 0.6) is 0 Å². The Morgan fingerprint density at radius 3 is 2.78 bits per heavy atom. The molecule has 9 heteroatoms. The fourth-order valence-corrected chi connectivity index (χ4v) is 3.57. The molecule has 2 heterocycles. The van der Waals surface area contributed by atoms with E-state index >= 15 is 0 Å². The van der Waals surface area contributed by atoms with E-state index in [2.05, 4.69) is 26.8 Å². The third kappa shape index (κ3) is 4.25. The van der Waals surface area contributed by atoms with Crippen LogP contribution in [0.1, 0.15) is 32.1 Å². The molecule has 0 bridgehead atoms. The van der Waals surface area contributed by atoms with Gasteiger partial charge in [-0.05, 0) is 30.3 Å². The van der Waals surface area contributed by atoms with Crippen molar-refractivity contribution in [2.75, 3.05) is 6.54 Å². The van der Waals surface area contributed by atoms with Gasteiger partial charge in [-0.2, -0.15) is 0 Å². The lowest BCUT2D eigenvalue weighted by Gasteiger charge is -2.13. The molecule has 0 spiro atoms. The molecule has 3 rings (SSSR count). The lowest BCUT2D eigenvalue weighted by Crippen LogP contribution is -2.33. The van der Waals surface area contributed by atoms with E-state index in [0.29, 0.717) is 32.1 Å². The SMILES string of the molecule is C=Cc1nc(C(CN)NC(=O)c2cnc(-c3ccc(Cl)cc3)[nH]2)sc1CO. The number of rotatable bonds is 7. The number of nitrogens with one attached hydrogen (secondary N) is 2. The highest BCUT2D eigenvalue weighted by Gasteiger charge is 2.21. The van der Waals surface area contributed by atoms with Gasteiger partial charge in [0.1, 0.15) is 16.5 Å². The minimum Gasteiger partial charge on any atom is -0.391 e. The monoisotopic (exact) mass is 403 g/mol. The van der Waals surface area contributed by atoms with Gasteiger partial charge in [0.2, 0.25) is 0 Å². The van der Waals surface area contributed by atoms with Gasteiger partial charge in [0, 0.05) is 17.1 Å². The van der Waals surface area contributed by atoms with Crippen LogP contribution < -0.4 is 11.1 Å². The van der Waals surface area contributed by atoms with Crippen molar-refractivity contribution in [2.24, 2.45) is 5.73 Å². The molecule has 1 atom stereocenters. The van der Waals surface area contributed by atoms with Crippen LogP contribution in [0.15, 0.2) is 37.0 Å². The van der Waals surface area contributed by atoms with Crippen molar-refractivity contribution in [1.82, 2.24) is 20.3 Å². The average molecular weight is 404 g/mol. The van der Waals surface area contributed by atoms with Crippen molar-refractivity contribution >= 4 is 34.9 Å². The second-order valence-electron chi connectivity index (χ2n) is 5.64. The number of halogens is 1. The summed E-state index contributed by atoms with van der Waals surface area (Å²) in [7, 11) is 0. The van der Waals surface area contributed by atoms with Crippen molar-refractivity contribution in [1.29, 1.82) is 0 Å². The molecule has 0 aliphatic heterocycles. The summed E-state index contributed by atoms with van der Waals surface area (Å²) in [6.07, 6.45) is 3.03. The highest BCUT2D eigenvalue weighted by molar-refractivity contribution is 7.11. The summed E-state index contributed by atoms with van der Waals surface area (Å²) < 4.78 is 0. The number of aliphatic hydroxyl groups excluding tert-OH is 1. The van der Waals surface area contributed by atoms with Crippen molar-refractivity contribution in [3.05, 3.63) is 63.3 Å². The summed E-state index contributed by atoms with van der Waals surface area (Å²) in [5, 5.41) is 13.5. The number of amides is 1. The molecule has 7 nitrogen and oxygen atoms in total. The molecule has 0 aliphatic rings. The zero-order chi connectivity index (χ0) is 19.4. The summed E-state index contributed by atoms with van der Waals surface area (Å²) in [5.41, 5.74) is 7.53. The number of imidazole rings is 1. The number of hydrogen-bond donors (Lipinski definition) is 4. The van der Waals surface area contributed by atoms with Crippen LogP contribution in [0.2, 0.25) is 5.02 Å². The van der Waals surface area contributed by atoms with Gasteiger partial charge in [-0.25, -0.2) is 9.97 Å². The Morgan fingerprint density at radius 2 is 2.19 bits per heavy atom. The molecule has 2 aromatic heterocycles. The van der Waals surface area contributed by atoms with Gasteiger partial charge in [-0.3, -0.25) is 4.79 Å². The molecule has 0 fully saturated rings. The van der Waals surface area contributed by atoms with Gasteiger partial charge in [0.15, 0.2) is 0 Å². The number of aromatic amines is 1. The Bertz CT molecular complexity index is 951. The van der Waals surface area contributed by atoms with Gasteiger partial charge < -0.3 is 21.1 Å². The zero-order valence-electron chi connectivity index (χ0n) is 14.3. The van der Waals surface area contributed by atoms with Crippen molar-refractivity contribution in [3.8, 4) is 11.4 Å². The molecule has 0 saturated carbocycles. The second-order valence-corrected chi connectivity index (χ2v) is 7.19. The minimum atomic E-state index is -0.483. The van der Waals surface area contributed by atoms with Gasteiger partial charge in [0.05, 0.1) is 29.4 Å². The fraction of sp³-hybridized carbons (Fsp3) is 0.167. The summed E-state index contributed by atoms with van der Waals surface area (Å²) in [6.45, 7) is 3.70. The van der Waals surface area contributed by atoms with Crippen molar-refractivity contribution < 1.29 is 9.90 Å². The molecule has 5 N–H and O–H groups in total. The highest BCUT2D eigenvalue weighted by Crippen LogP contribution is 2.25. The number of aromatic nitrogens is 3. The molecule has 27 heavy (non-hydrogen) atoms. The predicted octanol–water partition coefficient (Wildman–Crippen LogP) is 2.75. The summed E-state index contributed by atoms with van der Waals surface area (Å²) in [6, 6.07) is 6.65. The highest BCUT2D eigenvalue weighted by atomic mass is 35.5. The standard InChI is InChI=1S/C18H18ClN5O2S/c1-2-12-15(9-25)27-18(24-12)13(7-20)23-17(26)14-8-21-16(22-14)10-3-5-11(19)6-4-10/h2-6,8,13,25H,1,7,9,20H2,(H,21,22)(H,23,26). The Balaban J connectivity index is 1.76. The minimum absolute atomic E-state index is 0.144. The molecule has 0 aliphatic carbocycles. The van der Waals surface area contributed by atoms with Crippen LogP contribution in [0.3, 0.4) is 0 Å². The third-order valence-electron chi connectivity index (χ3n) is 3.86. The first kappa shape index (κ1) is 19.2. The topological polar surface area (TPSA) is 117 Å². The maximum absolute atomic E-state index is 12.6. The maximum Gasteiger partial charge on any atom is 0.269 e. The first-order chi connectivity index (χ1) is 13.0. The molecular formula is C18H18ClN5O2S. The first-order valence-corrected chi connectivity index (χ1v) is 9.30. The van der Waals surface area contributed by atoms with Gasteiger partial charge in [0.25, 0.3) is 5.91 Å². The molecule has 1 aromatic carbocycles. The normalized spacial score (nSPS) is 12.0. The number of nitrogens with two attached hydrogens (primary N) is 1. The fourth-order valence-electron chi connectivity index (χ4n) is 2.45. The molecule has 0 radical (unpaired) electrons. The number of aliphatic hydroxyl groups is 1. The van der Waals surface area contributed by atoms with Gasteiger partial charge in [-0.15, -0.1) is 11.3 Å². The smallest absolute Gasteiger partial charge is 0.269 e. The molecule has 1 unspecified atom stereocenters. The molecule has 1 amide bonds. The van der Waals surface area contributed by atoms with Crippen LogP contribution in [0, 0.1) is 0 Å². The van der Waals surface area contributed by atoms with E-state index in [4.69, 9.17) is 17.3 Å². The quantitative estimate of drug-likeness (QED) is 0.484. The number of carbonyl (C=O) groups is 1. The number of nitrogens with zero attached hydrogens (tertiary/aromatic N) is 2. The Hall–Kier alpha value is -2.52. The van der Waals surface area contributed by atoms with E-state index in [-0.39, 0.29) is 19.1 Å². The van der Waals surface area contributed by atoms with E-state index in [1.807, 2.05) is 12.1 Å². The molecular weight excluding hydrogens is 386 g/mol. The number of H-pyrrole nitrogens is 1. The Kier molecular flexibility index (Phi) is 6.02. The van der Waals surface area contributed by atoms with E-state index in [0.717, 1.165) is 5.56 Å².